The van der Waals surface area contributed by atoms with Crippen molar-refractivity contribution >= 4 is 19.3 Å². The number of hydrogen-bond donors (Lipinski definition) is 0. The lowest BCUT2D eigenvalue weighted by atomic mass is 10.2. The van der Waals surface area contributed by atoms with Crippen LogP contribution in [0.2, 0.25) is 0 Å². The number of rotatable bonds is 10. The van der Waals surface area contributed by atoms with Crippen LogP contribution in [-0.4, -0.2) is 66.7 Å². The summed E-state index contributed by atoms with van der Waals surface area (Å²) in [4.78, 5) is 29.0. The van der Waals surface area contributed by atoms with Crippen molar-refractivity contribution in [2.45, 2.75) is 59.2 Å². The minimum absolute atomic E-state index is 0.161. The van der Waals surface area contributed by atoms with Crippen LogP contribution in [0.3, 0.4) is 0 Å². The van der Waals surface area contributed by atoms with Crippen molar-refractivity contribution in [3.8, 4) is 0 Å². The lowest BCUT2D eigenvalue weighted by Crippen LogP contribution is -2.49. The van der Waals surface area contributed by atoms with Crippen LogP contribution in [0.25, 0.3) is 0 Å². The number of carbonyl (C=O) groups excluding carboxylic acids is 2. The van der Waals surface area contributed by atoms with Gasteiger partial charge in [0, 0.05) is 13.1 Å². The van der Waals surface area contributed by atoms with Crippen molar-refractivity contribution in [1.29, 1.82) is 0 Å². The van der Waals surface area contributed by atoms with Crippen LogP contribution >= 0.6 is 7.60 Å². The van der Waals surface area contributed by atoms with Gasteiger partial charge in [0.2, 0.25) is 5.78 Å². The Balaban J connectivity index is 3.22. The minimum Gasteiger partial charge on any atom is -0.337 e. The molecular formula is C17H33N2O5P. The molecule has 1 unspecified atom stereocenters. The van der Waals surface area contributed by atoms with E-state index in [0.29, 0.717) is 26.2 Å². The van der Waals surface area contributed by atoms with Crippen LogP contribution in [0.4, 0.5) is 0 Å². The molecule has 0 aromatic rings. The average molecular weight is 376 g/mol. The Labute approximate surface area is 151 Å². The third-order valence-electron chi connectivity index (χ3n) is 4.40. The molecular weight excluding hydrogens is 343 g/mol. The van der Waals surface area contributed by atoms with Gasteiger partial charge in [0.05, 0.1) is 13.2 Å². The van der Waals surface area contributed by atoms with Gasteiger partial charge in [-0.3, -0.25) is 19.1 Å². The molecule has 1 rings (SSSR count). The first-order valence-corrected chi connectivity index (χ1v) is 11.0. The van der Waals surface area contributed by atoms with Crippen LogP contribution in [-0.2, 0) is 23.2 Å². The summed E-state index contributed by atoms with van der Waals surface area (Å²) >= 11 is 0. The Bertz CT molecular complexity index is 464. The molecule has 0 spiro atoms. The van der Waals surface area contributed by atoms with Crippen LogP contribution in [0.1, 0.15) is 53.4 Å². The third-order valence-corrected chi connectivity index (χ3v) is 6.80. The number of nitrogens with zero attached hydrogens (tertiary/aromatic N) is 2. The monoisotopic (exact) mass is 376 g/mol. The lowest BCUT2D eigenvalue weighted by molar-refractivity contribution is -0.146. The van der Waals surface area contributed by atoms with Gasteiger partial charge in [-0.2, -0.15) is 0 Å². The maximum atomic E-state index is 13.4. The molecule has 8 heteroatoms. The fraction of sp³-hybridized carbons (Fsp3) is 0.882. The smallest absolute Gasteiger partial charge is 0.337 e. The highest BCUT2D eigenvalue weighted by molar-refractivity contribution is 7.56. The van der Waals surface area contributed by atoms with E-state index in [1.165, 1.54) is 4.90 Å². The predicted octanol–water partition coefficient (Wildman–Crippen LogP) is 2.89. The summed E-state index contributed by atoms with van der Waals surface area (Å²) in [5, 5.41) is 0. The van der Waals surface area contributed by atoms with Gasteiger partial charge >= 0.3 is 7.60 Å². The standard InChI is InChI=1S/C17H33N2O5P/c1-5-18(6-2)16(21)15(20)17(19-13-11-9-10-12-14-19)25(22,23-7-3)24-8-4/h17H,5-14H2,1-4H3. The van der Waals surface area contributed by atoms with E-state index in [1.807, 2.05) is 18.7 Å². The summed E-state index contributed by atoms with van der Waals surface area (Å²) in [6.07, 6.45) is 3.94. The van der Waals surface area contributed by atoms with E-state index in [2.05, 4.69) is 0 Å². The molecule has 0 radical (unpaired) electrons. The van der Waals surface area contributed by atoms with E-state index in [1.54, 1.807) is 13.8 Å². The summed E-state index contributed by atoms with van der Waals surface area (Å²) in [5.74, 6) is -2.45. The van der Waals surface area contributed by atoms with Crippen LogP contribution < -0.4 is 0 Å². The quantitative estimate of drug-likeness (QED) is 0.431. The molecule has 0 aliphatic carbocycles. The van der Waals surface area contributed by atoms with Crippen molar-refractivity contribution < 1.29 is 23.2 Å². The molecule has 25 heavy (non-hydrogen) atoms. The molecule has 1 aliphatic rings. The van der Waals surface area contributed by atoms with Gasteiger partial charge in [0.15, 0.2) is 5.78 Å². The molecule has 1 aliphatic heterocycles. The Kier molecular flexibility index (Phi) is 9.87. The number of likely N-dealkylation sites (tertiary alicyclic amines) is 1. The molecule has 0 N–H and O–H groups in total. The number of Topliss-reactive ketones (excluding diaryl/α,β-unsaturated/α-hetero) is 1. The SMILES string of the molecule is CCOP(=O)(OCC)C(C(=O)C(=O)N(CC)CC)N1CCCCCC1. The number of carbonyl (C=O) groups is 2. The first kappa shape index (κ1) is 22.3. The van der Waals surface area contributed by atoms with Crippen molar-refractivity contribution in [1.82, 2.24) is 9.80 Å². The Morgan fingerprint density at radius 3 is 1.84 bits per heavy atom. The van der Waals surface area contributed by atoms with E-state index in [-0.39, 0.29) is 13.2 Å². The van der Waals surface area contributed by atoms with Gasteiger partial charge < -0.3 is 13.9 Å². The molecule has 1 amide bonds. The second-order valence-electron chi connectivity index (χ2n) is 6.04. The summed E-state index contributed by atoms with van der Waals surface area (Å²) in [5.41, 5.74) is 0. The largest absolute Gasteiger partial charge is 0.355 e. The zero-order valence-electron chi connectivity index (χ0n) is 16.0. The molecule has 0 saturated carbocycles. The molecule has 7 nitrogen and oxygen atoms in total. The van der Waals surface area contributed by atoms with Crippen LogP contribution in [0, 0.1) is 0 Å². The molecule has 1 atom stereocenters. The van der Waals surface area contributed by atoms with E-state index in [0.717, 1.165) is 25.7 Å². The fourth-order valence-electron chi connectivity index (χ4n) is 3.16. The maximum Gasteiger partial charge on any atom is 0.355 e. The average Bonchev–Trinajstić information content (AvgIpc) is 2.85. The third kappa shape index (κ3) is 5.88. The maximum absolute atomic E-state index is 13.4. The Morgan fingerprint density at radius 1 is 0.960 bits per heavy atom. The van der Waals surface area contributed by atoms with E-state index >= 15 is 0 Å². The topological polar surface area (TPSA) is 76.1 Å². The van der Waals surface area contributed by atoms with Crippen molar-refractivity contribution in [2.24, 2.45) is 0 Å². The zero-order valence-corrected chi connectivity index (χ0v) is 16.9. The summed E-state index contributed by atoms with van der Waals surface area (Å²) in [7, 11) is -3.76. The molecule has 1 saturated heterocycles. The highest BCUT2D eigenvalue weighted by atomic mass is 31.2. The minimum atomic E-state index is -3.76. The zero-order chi connectivity index (χ0) is 18.9. The van der Waals surface area contributed by atoms with Gasteiger partial charge in [-0.05, 0) is 53.6 Å². The van der Waals surface area contributed by atoms with Crippen LogP contribution in [0.15, 0.2) is 0 Å². The molecule has 1 fully saturated rings. The fourth-order valence-corrected chi connectivity index (χ4v) is 5.27. The number of likely N-dealkylation sites (N-methyl/N-ethyl adjacent to an activating group) is 1. The highest BCUT2D eigenvalue weighted by Crippen LogP contribution is 2.54. The Hall–Kier alpha value is -0.750. The first-order chi connectivity index (χ1) is 11.9. The molecule has 1 heterocycles. The number of hydrogen-bond acceptors (Lipinski definition) is 6. The Morgan fingerprint density at radius 2 is 1.44 bits per heavy atom. The summed E-state index contributed by atoms with van der Waals surface area (Å²) in [6, 6.07) is 0. The first-order valence-electron chi connectivity index (χ1n) is 9.41. The second kappa shape index (κ2) is 11.1. The molecule has 146 valence electrons. The van der Waals surface area contributed by atoms with E-state index < -0.39 is 25.1 Å². The highest BCUT2D eigenvalue weighted by Gasteiger charge is 2.48. The molecule has 0 bridgehead atoms. The number of amides is 1. The van der Waals surface area contributed by atoms with Crippen molar-refractivity contribution in [2.75, 3.05) is 39.4 Å². The normalized spacial score (nSPS) is 17.8. The molecule has 0 aromatic carbocycles. The summed E-state index contributed by atoms with van der Waals surface area (Å²) < 4.78 is 24.3. The van der Waals surface area contributed by atoms with Gasteiger partial charge in [0.25, 0.3) is 5.91 Å². The second-order valence-corrected chi connectivity index (χ2v) is 8.13. The van der Waals surface area contributed by atoms with Gasteiger partial charge in [-0.1, -0.05) is 12.8 Å². The predicted molar refractivity (Wildman–Crippen MR) is 97.6 cm³/mol. The van der Waals surface area contributed by atoms with Crippen molar-refractivity contribution in [3.63, 3.8) is 0 Å². The van der Waals surface area contributed by atoms with E-state index in [9.17, 15) is 14.2 Å². The lowest BCUT2D eigenvalue weighted by Gasteiger charge is -2.34. The molecule has 0 aromatic heterocycles. The van der Waals surface area contributed by atoms with Crippen LogP contribution in [0.5, 0.6) is 0 Å². The van der Waals surface area contributed by atoms with Gasteiger partial charge in [-0.15, -0.1) is 0 Å². The van der Waals surface area contributed by atoms with Gasteiger partial charge in [0.1, 0.15) is 0 Å². The van der Waals surface area contributed by atoms with E-state index in [4.69, 9.17) is 9.05 Å². The number of ketones is 1. The van der Waals surface area contributed by atoms with Gasteiger partial charge in [-0.25, -0.2) is 0 Å². The summed E-state index contributed by atoms with van der Waals surface area (Å²) in [6.45, 7) is 9.48. The van der Waals surface area contributed by atoms with Crippen molar-refractivity contribution in [3.05, 3.63) is 0 Å².